The number of hydrogen-bond acceptors (Lipinski definition) is 6. The Morgan fingerprint density at radius 2 is 1.85 bits per heavy atom. The van der Waals surface area contributed by atoms with E-state index in [9.17, 15) is 9.59 Å². The summed E-state index contributed by atoms with van der Waals surface area (Å²) in [5, 5.41) is 6.52. The SMILES string of the molecule is Cc1cc(NC(=O)CN2CCN(C(C)C(=O)N3CCCCC3)CC2)no1. The van der Waals surface area contributed by atoms with E-state index in [0.29, 0.717) is 18.1 Å². The molecule has 1 N–H and O–H groups in total. The minimum atomic E-state index is -0.0933. The van der Waals surface area contributed by atoms with Gasteiger partial charge in [-0.15, -0.1) is 0 Å². The van der Waals surface area contributed by atoms with Gasteiger partial charge in [-0.25, -0.2) is 0 Å². The van der Waals surface area contributed by atoms with Crippen molar-refractivity contribution in [2.45, 2.75) is 39.2 Å². The predicted octanol–water partition coefficient (Wildman–Crippen LogP) is 0.940. The highest BCUT2D eigenvalue weighted by Gasteiger charge is 2.29. The van der Waals surface area contributed by atoms with Crippen LogP contribution in [0.2, 0.25) is 0 Å². The first-order chi connectivity index (χ1) is 12.5. The Hall–Kier alpha value is -1.93. The zero-order valence-corrected chi connectivity index (χ0v) is 15.7. The summed E-state index contributed by atoms with van der Waals surface area (Å²) in [5.41, 5.74) is 0. The van der Waals surface area contributed by atoms with Gasteiger partial charge < -0.3 is 14.7 Å². The second kappa shape index (κ2) is 8.64. The largest absolute Gasteiger partial charge is 0.360 e. The summed E-state index contributed by atoms with van der Waals surface area (Å²) in [6.45, 7) is 9.07. The zero-order valence-electron chi connectivity index (χ0n) is 15.7. The van der Waals surface area contributed by atoms with E-state index in [1.54, 1.807) is 13.0 Å². The van der Waals surface area contributed by atoms with Crippen LogP contribution in [-0.4, -0.2) is 83.5 Å². The Kier molecular flexibility index (Phi) is 6.26. The Morgan fingerprint density at radius 3 is 2.46 bits per heavy atom. The molecule has 26 heavy (non-hydrogen) atoms. The molecule has 144 valence electrons. The first-order valence-electron chi connectivity index (χ1n) is 9.51. The maximum atomic E-state index is 12.7. The van der Waals surface area contributed by atoms with E-state index in [-0.39, 0.29) is 17.9 Å². The van der Waals surface area contributed by atoms with Crippen LogP contribution in [0.25, 0.3) is 0 Å². The molecule has 0 bridgehead atoms. The number of piperidine rings is 1. The Bertz CT molecular complexity index is 618. The topological polar surface area (TPSA) is 81.9 Å². The van der Waals surface area contributed by atoms with Crippen LogP contribution in [0.1, 0.15) is 31.9 Å². The summed E-state index contributed by atoms with van der Waals surface area (Å²) < 4.78 is 4.95. The van der Waals surface area contributed by atoms with Crippen molar-refractivity contribution in [1.82, 2.24) is 19.9 Å². The number of piperazine rings is 1. The van der Waals surface area contributed by atoms with Crippen molar-refractivity contribution in [1.29, 1.82) is 0 Å². The van der Waals surface area contributed by atoms with E-state index in [4.69, 9.17) is 4.52 Å². The van der Waals surface area contributed by atoms with E-state index in [0.717, 1.165) is 52.1 Å². The predicted molar refractivity (Wildman–Crippen MR) is 97.8 cm³/mol. The number of amides is 2. The van der Waals surface area contributed by atoms with Crippen molar-refractivity contribution >= 4 is 17.6 Å². The van der Waals surface area contributed by atoms with Crippen LogP contribution in [0.3, 0.4) is 0 Å². The van der Waals surface area contributed by atoms with Crippen molar-refractivity contribution in [3.05, 3.63) is 11.8 Å². The number of likely N-dealkylation sites (tertiary alicyclic amines) is 1. The number of aryl methyl sites for hydroxylation is 1. The van der Waals surface area contributed by atoms with Crippen molar-refractivity contribution in [2.24, 2.45) is 0 Å². The first kappa shape index (κ1) is 18.8. The molecule has 2 fully saturated rings. The van der Waals surface area contributed by atoms with E-state index >= 15 is 0 Å². The number of hydrogen-bond donors (Lipinski definition) is 1. The van der Waals surface area contributed by atoms with Gasteiger partial charge in [0.1, 0.15) is 5.76 Å². The number of anilines is 1. The van der Waals surface area contributed by atoms with Gasteiger partial charge in [-0.2, -0.15) is 0 Å². The van der Waals surface area contributed by atoms with E-state index in [1.165, 1.54) is 6.42 Å². The van der Waals surface area contributed by atoms with Crippen LogP contribution in [0.15, 0.2) is 10.6 Å². The van der Waals surface area contributed by atoms with Gasteiger partial charge >= 0.3 is 0 Å². The number of nitrogens with one attached hydrogen (secondary N) is 1. The van der Waals surface area contributed by atoms with E-state index < -0.39 is 0 Å². The van der Waals surface area contributed by atoms with Crippen LogP contribution in [0, 0.1) is 6.92 Å². The molecule has 0 aliphatic carbocycles. The normalized spacial score (nSPS) is 20.8. The number of aromatic nitrogens is 1. The molecule has 8 heteroatoms. The van der Waals surface area contributed by atoms with Gasteiger partial charge in [0.2, 0.25) is 11.8 Å². The van der Waals surface area contributed by atoms with Crippen LogP contribution in [0.5, 0.6) is 0 Å². The van der Waals surface area contributed by atoms with Gasteiger partial charge in [-0.3, -0.25) is 19.4 Å². The fraction of sp³-hybridized carbons (Fsp3) is 0.722. The summed E-state index contributed by atoms with van der Waals surface area (Å²) >= 11 is 0. The van der Waals surface area contributed by atoms with Gasteiger partial charge in [0, 0.05) is 45.3 Å². The van der Waals surface area contributed by atoms with Crippen LogP contribution in [-0.2, 0) is 9.59 Å². The van der Waals surface area contributed by atoms with Gasteiger partial charge in [0.05, 0.1) is 12.6 Å². The molecule has 2 saturated heterocycles. The van der Waals surface area contributed by atoms with E-state index in [2.05, 4.69) is 20.3 Å². The fourth-order valence-electron chi connectivity index (χ4n) is 3.65. The van der Waals surface area contributed by atoms with Crippen molar-refractivity contribution < 1.29 is 14.1 Å². The molecule has 2 aliphatic heterocycles. The minimum Gasteiger partial charge on any atom is -0.360 e. The highest BCUT2D eigenvalue weighted by atomic mass is 16.5. The van der Waals surface area contributed by atoms with Gasteiger partial charge in [0.25, 0.3) is 0 Å². The summed E-state index contributed by atoms with van der Waals surface area (Å²) in [4.78, 5) is 31.1. The molecule has 2 aliphatic rings. The Balaban J connectivity index is 1.41. The maximum Gasteiger partial charge on any atom is 0.239 e. The van der Waals surface area contributed by atoms with Gasteiger partial charge in [-0.05, 0) is 33.1 Å². The molecule has 1 aromatic rings. The quantitative estimate of drug-likeness (QED) is 0.838. The average Bonchev–Trinajstić information content (AvgIpc) is 3.06. The molecule has 3 heterocycles. The molecule has 1 atom stereocenters. The van der Waals surface area contributed by atoms with Gasteiger partial charge in [0.15, 0.2) is 5.82 Å². The van der Waals surface area contributed by atoms with Gasteiger partial charge in [-0.1, -0.05) is 5.16 Å². The lowest BCUT2D eigenvalue weighted by atomic mass is 10.1. The number of rotatable bonds is 5. The van der Waals surface area contributed by atoms with Crippen LogP contribution in [0.4, 0.5) is 5.82 Å². The minimum absolute atomic E-state index is 0.0813. The summed E-state index contributed by atoms with van der Waals surface area (Å²) in [7, 11) is 0. The standard InChI is InChI=1S/C18H29N5O3/c1-14-12-16(20-26-14)19-17(24)13-21-8-10-22(11-9-21)15(2)18(25)23-6-4-3-5-7-23/h12,15H,3-11,13H2,1-2H3,(H,19,20,24). The third kappa shape index (κ3) is 4.82. The number of carbonyl (C=O) groups excluding carboxylic acids is 2. The number of carbonyl (C=O) groups is 2. The zero-order chi connectivity index (χ0) is 18.5. The number of nitrogens with zero attached hydrogens (tertiary/aromatic N) is 4. The van der Waals surface area contributed by atoms with Crippen molar-refractivity contribution in [3.8, 4) is 0 Å². The summed E-state index contributed by atoms with van der Waals surface area (Å²) in [5.74, 6) is 1.27. The first-order valence-corrected chi connectivity index (χ1v) is 9.51. The van der Waals surface area contributed by atoms with Crippen molar-refractivity contribution in [3.63, 3.8) is 0 Å². The molecular weight excluding hydrogens is 334 g/mol. The maximum absolute atomic E-state index is 12.7. The Morgan fingerprint density at radius 1 is 1.15 bits per heavy atom. The lowest BCUT2D eigenvalue weighted by molar-refractivity contribution is -0.138. The second-order valence-electron chi connectivity index (χ2n) is 7.25. The Labute approximate surface area is 154 Å². The molecule has 2 amide bonds. The lowest BCUT2D eigenvalue weighted by Crippen LogP contribution is -2.55. The molecule has 0 radical (unpaired) electrons. The molecule has 3 rings (SSSR count). The summed E-state index contributed by atoms with van der Waals surface area (Å²) in [6.07, 6.45) is 3.46. The third-order valence-electron chi connectivity index (χ3n) is 5.24. The molecule has 0 saturated carbocycles. The highest BCUT2D eigenvalue weighted by molar-refractivity contribution is 5.91. The third-order valence-corrected chi connectivity index (χ3v) is 5.24. The molecule has 0 spiro atoms. The molecular formula is C18H29N5O3. The molecule has 8 nitrogen and oxygen atoms in total. The fourth-order valence-corrected chi connectivity index (χ4v) is 3.65. The monoisotopic (exact) mass is 363 g/mol. The average molecular weight is 363 g/mol. The molecule has 1 aromatic heterocycles. The van der Waals surface area contributed by atoms with Crippen LogP contribution < -0.4 is 5.32 Å². The molecule has 0 aromatic carbocycles. The van der Waals surface area contributed by atoms with Crippen LogP contribution >= 0.6 is 0 Å². The molecule has 1 unspecified atom stereocenters. The smallest absolute Gasteiger partial charge is 0.239 e. The summed E-state index contributed by atoms with van der Waals surface area (Å²) in [6, 6.07) is 1.62. The highest BCUT2D eigenvalue weighted by Crippen LogP contribution is 2.14. The van der Waals surface area contributed by atoms with Crippen molar-refractivity contribution in [2.75, 3.05) is 51.1 Å². The second-order valence-corrected chi connectivity index (χ2v) is 7.25. The lowest BCUT2D eigenvalue weighted by Gasteiger charge is -2.39. The van der Waals surface area contributed by atoms with E-state index in [1.807, 2.05) is 11.8 Å².